The molecule has 1 atom stereocenters. The maximum Gasteiger partial charge on any atom is 0.331 e. The third-order valence-corrected chi connectivity index (χ3v) is 8.53. The molecule has 12 heteroatoms. The smallest absolute Gasteiger partial charge is 0.331 e. The molecule has 256 valence electrons. The van der Waals surface area contributed by atoms with Gasteiger partial charge in [-0.25, -0.2) is 13.6 Å². The van der Waals surface area contributed by atoms with Gasteiger partial charge in [-0.05, 0) is 69.5 Å². The van der Waals surface area contributed by atoms with Crippen LogP contribution >= 0.6 is 0 Å². The van der Waals surface area contributed by atoms with Crippen LogP contribution in [0.3, 0.4) is 0 Å². The van der Waals surface area contributed by atoms with E-state index < -0.39 is 41.2 Å². The number of aryl methyl sites for hydroxylation is 1. The predicted octanol–water partition coefficient (Wildman–Crippen LogP) is 4.63. The molecule has 0 aliphatic rings. The number of aliphatic hydroxyl groups is 2. The van der Waals surface area contributed by atoms with Gasteiger partial charge >= 0.3 is 11.7 Å². The Balaban J connectivity index is 1.96. The van der Waals surface area contributed by atoms with Crippen molar-refractivity contribution in [2.75, 3.05) is 20.2 Å². The largest absolute Gasteiger partial charge is 0.494 e. The molecule has 4 rings (SSSR count). The predicted molar refractivity (Wildman–Crippen MR) is 177 cm³/mol. The van der Waals surface area contributed by atoms with Crippen molar-refractivity contribution in [2.45, 2.75) is 65.0 Å². The van der Waals surface area contributed by atoms with Crippen LogP contribution in [0.4, 0.5) is 8.78 Å². The first-order valence-electron chi connectivity index (χ1n) is 15.7. The number of methoxy groups -OCH3 is 1. The van der Waals surface area contributed by atoms with Crippen molar-refractivity contribution < 1.29 is 33.6 Å². The van der Waals surface area contributed by atoms with Crippen molar-refractivity contribution >= 4 is 5.97 Å². The lowest BCUT2D eigenvalue weighted by atomic mass is 10.0. The molecule has 3 aromatic carbocycles. The summed E-state index contributed by atoms with van der Waals surface area (Å²) in [7, 11) is 1.30. The summed E-state index contributed by atoms with van der Waals surface area (Å²) >= 11 is 0. The number of aliphatic hydroxyl groups excluding tert-OH is 1. The van der Waals surface area contributed by atoms with Gasteiger partial charge in [-0.1, -0.05) is 54.6 Å². The first kappa shape index (κ1) is 36.2. The highest BCUT2D eigenvalue weighted by molar-refractivity contribution is 5.68. The van der Waals surface area contributed by atoms with Crippen molar-refractivity contribution in [3.05, 3.63) is 122 Å². The van der Waals surface area contributed by atoms with Crippen LogP contribution in [0.2, 0.25) is 0 Å². The number of rotatable bonds is 16. The Kier molecular flexibility index (Phi) is 12.4. The summed E-state index contributed by atoms with van der Waals surface area (Å²) in [5, 5.41) is 28.3. The van der Waals surface area contributed by atoms with Crippen LogP contribution in [0.5, 0.6) is 5.75 Å². The molecule has 48 heavy (non-hydrogen) atoms. The van der Waals surface area contributed by atoms with Crippen LogP contribution in [0.25, 0.3) is 11.1 Å². The number of benzene rings is 3. The highest BCUT2D eigenvalue weighted by Gasteiger charge is 2.27. The summed E-state index contributed by atoms with van der Waals surface area (Å²) in [4.78, 5) is 42.0. The second-order valence-electron chi connectivity index (χ2n) is 11.7. The van der Waals surface area contributed by atoms with Crippen LogP contribution in [-0.4, -0.2) is 61.8 Å². The highest BCUT2D eigenvalue weighted by atomic mass is 19.1. The summed E-state index contributed by atoms with van der Waals surface area (Å²) in [5.74, 6) is -2.41. The number of aromatic nitrogens is 2. The molecule has 0 spiro atoms. The fourth-order valence-electron chi connectivity index (χ4n) is 5.96. The van der Waals surface area contributed by atoms with E-state index in [0.29, 0.717) is 12.0 Å². The van der Waals surface area contributed by atoms with E-state index in [1.807, 2.05) is 23.1 Å². The van der Waals surface area contributed by atoms with Crippen LogP contribution in [-0.2, 0) is 17.9 Å². The van der Waals surface area contributed by atoms with Crippen molar-refractivity contribution in [1.82, 2.24) is 14.0 Å². The second kappa shape index (κ2) is 16.4. The number of nitrogens with zero attached hydrogens (tertiary/aromatic N) is 3. The monoisotopic (exact) mass is 665 g/mol. The minimum Gasteiger partial charge on any atom is -0.494 e. The van der Waals surface area contributed by atoms with E-state index in [0.717, 1.165) is 10.1 Å². The Hall–Kier alpha value is -4.65. The lowest BCUT2D eigenvalue weighted by Gasteiger charge is -2.33. The summed E-state index contributed by atoms with van der Waals surface area (Å²) < 4.78 is 38.3. The van der Waals surface area contributed by atoms with E-state index in [2.05, 4.69) is 0 Å². The molecule has 0 unspecified atom stereocenters. The summed E-state index contributed by atoms with van der Waals surface area (Å²) in [5.41, 5.74) is 0.0161. The number of carboxylic acids is 1. The van der Waals surface area contributed by atoms with Gasteiger partial charge in [0.05, 0.1) is 31.8 Å². The van der Waals surface area contributed by atoms with E-state index in [-0.39, 0.29) is 73.6 Å². The average molecular weight is 666 g/mol. The van der Waals surface area contributed by atoms with Gasteiger partial charge in [-0.15, -0.1) is 0 Å². The molecule has 4 aromatic rings. The molecule has 0 aliphatic heterocycles. The van der Waals surface area contributed by atoms with Gasteiger partial charge in [-0.3, -0.25) is 23.6 Å². The molecule has 1 heterocycles. The Bertz CT molecular complexity index is 1820. The van der Waals surface area contributed by atoms with Crippen LogP contribution < -0.4 is 16.0 Å². The van der Waals surface area contributed by atoms with Gasteiger partial charge in [0.1, 0.15) is 5.82 Å². The highest BCUT2D eigenvalue weighted by Crippen LogP contribution is 2.30. The van der Waals surface area contributed by atoms with Gasteiger partial charge in [0, 0.05) is 23.2 Å². The van der Waals surface area contributed by atoms with Gasteiger partial charge < -0.3 is 20.1 Å². The number of hydrogen-bond donors (Lipinski definition) is 3. The molecule has 0 aliphatic carbocycles. The number of halogens is 2. The topological polar surface area (TPSA) is 134 Å². The molecule has 10 nitrogen and oxygen atoms in total. The summed E-state index contributed by atoms with van der Waals surface area (Å²) in [6.45, 7) is 3.33. The SMILES string of the molecule is COc1cccc(-c2c(C)n(Cc3c(C)cccc3F)c(=O)n(C[C@@H](c3ccccc3)N(CCCC(=O)O)CCCC(O)O)c2=O)c1F. The Morgan fingerprint density at radius 3 is 2.25 bits per heavy atom. The fourth-order valence-corrected chi connectivity index (χ4v) is 5.96. The first-order chi connectivity index (χ1) is 22.9. The third kappa shape index (κ3) is 8.43. The zero-order chi connectivity index (χ0) is 35.0. The third-order valence-electron chi connectivity index (χ3n) is 8.53. The van der Waals surface area contributed by atoms with Crippen molar-refractivity contribution in [2.24, 2.45) is 0 Å². The molecular weight excluding hydrogens is 624 g/mol. The Morgan fingerprint density at radius 2 is 1.60 bits per heavy atom. The van der Waals surface area contributed by atoms with Gasteiger partial charge in [0.2, 0.25) is 0 Å². The Morgan fingerprint density at radius 1 is 0.917 bits per heavy atom. The Labute approximate surface area is 277 Å². The number of hydrogen-bond acceptors (Lipinski definition) is 7. The van der Waals surface area contributed by atoms with E-state index in [1.165, 1.54) is 42.9 Å². The summed E-state index contributed by atoms with van der Waals surface area (Å²) in [6, 6.07) is 17.3. The molecule has 0 amide bonds. The number of ether oxygens (including phenoxy) is 1. The molecule has 1 aromatic heterocycles. The van der Waals surface area contributed by atoms with Crippen molar-refractivity contribution in [3.63, 3.8) is 0 Å². The van der Waals surface area contributed by atoms with Crippen molar-refractivity contribution in [1.29, 1.82) is 0 Å². The van der Waals surface area contributed by atoms with Crippen LogP contribution in [0.15, 0.2) is 76.3 Å². The fraction of sp³-hybridized carbons (Fsp3) is 0.361. The quantitative estimate of drug-likeness (QED) is 0.148. The zero-order valence-corrected chi connectivity index (χ0v) is 27.2. The number of carbonyl (C=O) groups is 1. The van der Waals surface area contributed by atoms with E-state index in [4.69, 9.17) is 4.74 Å². The normalized spacial score (nSPS) is 12.1. The molecule has 0 fully saturated rings. The molecule has 0 radical (unpaired) electrons. The van der Waals surface area contributed by atoms with Gasteiger partial charge in [-0.2, -0.15) is 0 Å². The molecule has 0 bridgehead atoms. The van der Waals surface area contributed by atoms with Crippen molar-refractivity contribution in [3.8, 4) is 16.9 Å². The maximum absolute atomic E-state index is 15.8. The molecule has 0 saturated heterocycles. The summed E-state index contributed by atoms with van der Waals surface area (Å²) in [6.07, 6.45) is -1.04. The minimum absolute atomic E-state index is 0.0511. The van der Waals surface area contributed by atoms with E-state index in [1.54, 1.807) is 31.2 Å². The molecular formula is C36H41F2N3O7. The number of carboxylic acid groups (broad SMARTS) is 1. The lowest BCUT2D eigenvalue weighted by molar-refractivity contribution is -0.137. The average Bonchev–Trinajstić information content (AvgIpc) is 3.04. The first-order valence-corrected chi connectivity index (χ1v) is 15.7. The lowest BCUT2D eigenvalue weighted by Crippen LogP contribution is -2.46. The minimum atomic E-state index is -1.55. The van der Waals surface area contributed by atoms with E-state index >= 15 is 8.78 Å². The number of aliphatic carboxylic acids is 1. The van der Waals surface area contributed by atoms with Crippen LogP contribution in [0, 0.1) is 25.5 Å². The maximum atomic E-state index is 15.8. The zero-order valence-electron chi connectivity index (χ0n) is 27.2. The second-order valence-corrected chi connectivity index (χ2v) is 11.7. The van der Waals surface area contributed by atoms with Crippen LogP contribution in [0.1, 0.15) is 54.1 Å². The molecule has 0 saturated carbocycles. The van der Waals surface area contributed by atoms with Gasteiger partial charge in [0.15, 0.2) is 17.9 Å². The standard InChI is InChI=1S/C36H41F2N3O7/c1-23-11-7-15-28(37)27(23)21-40-24(2)33(26-14-8-16-30(48-3)34(26)38)35(46)41(36(40)47)22-29(25-12-5-4-6-13-25)39(19-9-17-31(42)43)20-10-18-32(44)45/h4-8,11-16,29,31,42-43H,9-10,17-22H2,1-3H3,(H,44,45)/t29-/m0/s1. The van der Waals surface area contributed by atoms with Gasteiger partial charge in [0.25, 0.3) is 5.56 Å². The molecule has 3 N–H and O–H groups in total. The van der Waals surface area contributed by atoms with E-state index in [9.17, 15) is 29.7 Å².